The van der Waals surface area contributed by atoms with Gasteiger partial charge in [-0.1, -0.05) is 0 Å². The highest BCUT2D eigenvalue weighted by molar-refractivity contribution is 14.1. The van der Waals surface area contributed by atoms with Gasteiger partial charge in [-0.2, -0.15) is 5.10 Å². The summed E-state index contributed by atoms with van der Waals surface area (Å²) in [6.07, 6.45) is 2.31. The van der Waals surface area contributed by atoms with Gasteiger partial charge in [-0.15, -0.1) is 0 Å². The lowest BCUT2D eigenvalue weighted by Crippen LogP contribution is -2.03. The smallest absolute Gasteiger partial charge is 0.178 e. The molecule has 1 N–H and O–H groups in total. The maximum Gasteiger partial charge on any atom is 0.178 e. The molecule has 0 aliphatic rings. The summed E-state index contributed by atoms with van der Waals surface area (Å²) in [6.45, 7) is 0.614. The zero-order valence-electron chi connectivity index (χ0n) is 10.6. The number of hydrogen-bond donors (Lipinski definition) is 1. The summed E-state index contributed by atoms with van der Waals surface area (Å²) >= 11 is 7.26. The molecular formula is C12H11FIN5S. The molecule has 0 bridgehead atoms. The van der Waals surface area contributed by atoms with Crippen molar-refractivity contribution < 1.29 is 4.39 Å². The van der Waals surface area contributed by atoms with Crippen molar-refractivity contribution in [3.63, 3.8) is 0 Å². The van der Waals surface area contributed by atoms with Crippen LogP contribution < -0.4 is 0 Å². The second-order valence-electron chi connectivity index (χ2n) is 4.45. The molecule has 2 aromatic heterocycles. The highest BCUT2D eigenvalue weighted by atomic mass is 127. The number of aryl methyl sites for hydroxylation is 3. The van der Waals surface area contributed by atoms with Gasteiger partial charge < -0.3 is 9.55 Å². The number of rotatable bonds is 3. The van der Waals surface area contributed by atoms with Gasteiger partial charge in [0.1, 0.15) is 12.1 Å². The molecule has 0 spiro atoms. The molecule has 0 radical (unpaired) electrons. The van der Waals surface area contributed by atoms with Gasteiger partial charge in [0, 0.05) is 26.1 Å². The average molecular weight is 403 g/mol. The van der Waals surface area contributed by atoms with Crippen molar-refractivity contribution in [3.05, 3.63) is 38.4 Å². The quantitative estimate of drug-likeness (QED) is 0.541. The predicted molar refractivity (Wildman–Crippen MR) is 84.5 cm³/mol. The molecule has 3 aromatic rings. The molecule has 8 heteroatoms. The van der Waals surface area contributed by atoms with Crippen LogP contribution in [0.1, 0.15) is 5.82 Å². The summed E-state index contributed by atoms with van der Waals surface area (Å²) in [6, 6.07) is 3.27. The Labute approximate surface area is 133 Å². The van der Waals surface area contributed by atoms with E-state index in [0.717, 1.165) is 16.9 Å². The van der Waals surface area contributed by atoms with Gasteiger partial charge in [0.05, 0.1) is 14.6 Å². The Kier molecular flexibility index (Phi) is 3.59. The number of imidazole rings is 1. The van der Waals surface area contributed by atoms with Crippen LogP contribution in [0.25, 0.3) is 11.0 Å². The molecule has 2 heterocycles. The molecule has 5 nitrogen and oxygen atoms in total. The zero-order valence-corrected chi connectivity index (χ0v) is 13.6. The Morgan fingerprint density at radius 3 is 2.95 bits per heavy atom. The van der Waals surface area contributed by atoms with Gasteiger partial charge in [-0.25, -0.2) is 9.37 Å². The molecule has 0 fully saturated rings. The molecule has 20 heavy (non-hydrogen) atoms. The summed E-state index contributed by atoms with van der Waals surface area (Å²) < 4.78 is 18.4. The first-order valence-electron chi connectivity index (χ1n) is 5.96. The van der Waals surface area contributed by atoms with E-state index in [1.807, 2.05) is 34.2 Å². The van der Waals surface area contributed by atoms with Crippen LogP contribution >= 0.6 is 34.8 Å². The number of aromatic nitrogens is 5. The minimum Gasteiger partial charge on any atom is -0.331 e. The lowest BCUT2D eigenvalue weighted by atomic mass is 10.3. The fourth-order valence-electron chi connectivity index (χ4n) is 2.08. The Morgan fingerprint density at radius 1 is 1.45 bits per heavy atom. The fourth-order valence-corrected chi connectivity index (χ4v) is 2.85. The van der Waals surface area contributed by atoms with Crippen LogP contribution in [0.2, 0.25) is 0 Å². The molecule has 0 amide bonds. The van der Waals surface area contributed by atoms with E-state index in [0.29, 0.717) is 21.3 Å². The van der Waals surface area contributed by atoms with Crippen LogP contribution in [0.15, 0.2) is 18.5 Å². The molecule has 0 saturated carbocycles. The maximum absolute atomic E-state index is 13.7. The summed E-state index contributed by atoms with van der Waals surface area (Å²) in [4.78, 5) is 7.27. The molecule has 104 valence electrons. The lowest BCUT2D eigenvalue weighted by Gasteiger charge is -2.03. The van der Waals surface area contributed by atoms with Gasteiger partial charge in [-0.05, 0) is 40.9 Å². The third-order valence-electron chi connectivity index (χ3n) is 3.02. The van der Waals surface area contributed by atoms with Crippen LogP contribution in [0, 0.1) is 14.2 Å². The van der Waals surface area contributed by atoms with E-state index < -0.39 is 0 Å². The monoisotopic (exact) mass is 403 g/mol. The first kappa shape index (κ1) is 13.7. The first-order chi connectivity index (χ1) is 9.54. The molecule has 1 aromatic carbocycles. The topological polar surface area (TPSA) is 51.4 Å². The lowest BCUT2D eigenvalue weighted by molar-refractivity contribution is 0.619. The van der Waals surface area contributed by atoms with Gasteiger partial charge in [0.15, 0.2) is 10.6 Å². The minimum absolute atomic E-state index is 0.239. The number of nitrogens with zero attached hydrogens (tertiary/aromatic N) is 4. The minimum atomic E-state index is -0.239. The standard InChI is InChI=1S/C12H11FIN5S/c1-18-6-15-11(17-18)2-3-19-10-4-7(13)8(14)5-9(10)16-12(19)20/h4-6H,2-3H2,1H3,(H,16,20). The molecule has 0 aliphatic heterocycles. The normalized spacial score (nSPS) is 11.3. The van der Waals surface area contributed by atoms with E-state index in [4.69, 9.17) is 12.2 Å². The fraction of sp³-hybridized carbons (Fsp3) is 0.250. The molecule has 0 unspecified atom stereocenters. The molecule has 0 aliphatic carbocycles. The molecule has 0 atom stereocenters. The SMILES string of the molecule is Cn1cnc(CCn2c(=S)[nH]c3cc(I)c(F)cc32)n1. The number of fused-ring (bicyclic) bond motifs is 1. The van der Waals surface area contributed by atoms with Crippen molar-refractivity contribution in [1.82, 2.24) is 24.3 Å². The van der Waals surface area contributed by atoms with Gasteiger partial charge in [0.25, 0.3) is 0 Å². The van der Waals surface area contributed by atoms with Gasteiger partial charge in [0.2, 0.25) is 0 Å². The number of hydrogen-bond acceptors (Lipinski definition) is 3. The number of nitrogens with one attached hydrogen (secondary N) is 1. The number of H-pyrrole nitrogens is 1. The number of benzene rings is 1. The third kappa shape index (κ3) is 2.49. The molecular weight excluding hydrogens is 392 g/mol. The molecule has 3 rings (SSSR count). The Balaban J connectivity index is 1.96. The van der Waals surface area contributed by atoms with E-state index in [1.54, 1.807) is 17.1 Å². The van der Waals surface area contributed by atoms with Crippen LogP contribution in [0.5, 0.6) is 0 Å². The highest BCUT2D eigenvalue weighted by Gasteiger charge is 2.09. The van der Waals surface area contributed by atoms with Crippen molar-refractivity contribution in [2.45, 2.75) is 13.0 Å². The average Bonchev–Trinajstić information content (AvgIpc) is 2.92. The Morgan fingerprint density at radius 2 is 2.25 bits per heavy atom. The van der Waals surface area contributed by atoms with Crippen molar-refractivity contribution in [1.29, 1.82) is 0 Å². The Hall–Kier alpha value is -1.29. The second-order valence-corrected chi connectivity index (χ2v) is 6.00. The first-order valence-corrected chi connectivity index (χ1v) is 7.45. The van der Waals surface area contributed by atoms with Crippen molar-refractivity contribution >= 4 is 45.8 Å². The maximum atomic E-state index is 13.7. The van der Waals surface area contributed by atoms with E-state index >= 15 is 0 Å². The largest absolute Gasteiger partial charge is 0.331 e. The summed E-state index contributed by atoms with van der Waals surface area (Å²) in [5, 5.41) is 4.22. The van der Waals surface area contributed by atoms with E-state index in [9.17, 15) is 4.39 Å². The van der Waals surface area contributed by atoms with Crippen molar-refractivity contribution in [2.75, 3.05) is 0 Å². The van der Waals surface area contributed by atoms with Crippen LogP contribution in [0.3, 0.4) is 0 Å². The van der Waals surface area contributed by atoms with Crippen molar-refractivity contribution in [2.24, 2.45) is 7.05 Å². The number of aromatic amines is 1. The van der Waals surface area contributed by atoms with Crippen LogP contribution in [-0.2, 0) is 20.0 Å². The number of halogens is 2. The van der Waals surface area contributed by atoms with Gasteiger partial charge in [-0.3, -0.25) is 4.68 Å². The summed E-state index contributed by atoms with van der Waals surface area (Å²) in [7, 11) is 1.82. The summed E-state index contributed by atoms with van der Waals surface area (Å²) in [5.41, 5.74) is 1.61. The van der Waals surface area contributed by atoms with E-state index in [-0.39, 0.29) is 5.82 Å². The third-order valence-corrected chi connectivity index (χ3v) is 4.17. The summed E-state index contributed by atoms with van der Waals surface area (Å²) in [5.74, 6) is 0.506. The zero-order chi connectivity index (χ0) is 14.3. The van der Waals surface area contributed by atoms with Crippen LogP contribution in [-0.4, -0.2) is 24.3 Å². The second kappa shape index (κ2) is 5.24. The van der Waals surface area contributed by atoms with Crippen LogP contribution in [0.4, 0.5) is 4.39 Å². The highest BCUT2D eigenvalue weighted by Crippen LogP contribution is 2.20. The van der Waals surface area contributed by atoms with Crippen molar-refractivity contribution in [3.8, 4) is 0 Å². The van der Waals surface area contributed by atoms with Gasteiger partial charge >= 0.3 is 0 Å². The van der Waals surface area contributed by atoms with E-state index in [2.05, 4.69) is 15.1 Å². The Bertz CT molecular complexity index is 834. The predicted octanol–water partition coefficient (Wildman–Crippen LogP) is 2.81. The molecule has 0 saturated heterocycles. The van der Waals surface area contributed by atoms with E-state index in [1.165, 1.54) is 6.07 Å².